The highest BCUT2D eigenvalue weighted by molar-refractivity contribution is 6.03. The molecule has 1 heterocycles. The highest BCUT2D eigenvalue weighted by atomic mass is 16.2. The maximum atomic E-state index is 11.8. The van der Waals surface area contributed by atoms with Crippen LogP contribution in [0, 0.1) is 18.8 Å². The first-order valence-electron chi connectivity index (χ1n) is 6.08. The number of aryl methyl sites for hydroxylation is 1. The number of benzene rings is 1. The minimum atomic E-state index is -0.319. The van der Waals surface area contributed by atoms with Crippen LogP contribution in [0.25, 0.3) is 0 Å². The van der Waals surface area contributed by atoms with Crippen molar-refractivity contribution in [2.45, 2.75) is 13.3 Å². The van der Waals surface area contributed by atoms with Crippen molar-refractivity contribution in [1.29, 1.82) is 0 Å². The highest BCUT2D eigenvalue weighted by Gasteiger charge is 2.10. The van der Waals surface area contributed by atoms with Crippen LogP contribution in [0.3, 0.4) is 0 Å². The summed E-state index contributed by atoms with van der Waals surface area (Å²) in [4.78, 5) is 11.8. The normalized spacial score (nSPS) is 9.70. The minimum Gasteiger partial charge on any atom is -0.395 e. The van der Waals surface area contributed by atoms with Crippen molar-refractivity contribution in [3.05, 3.63) is 41.2 Å². The van der Waals surface area contributed by atoms with Crippen molar-refractivity contribution >= 4 is 11.6 Å². The highest BCUT2D eigenvalue weighted by Crippen LogP contribution is 2.16. The average Bonchev–Trinajstić information content (AvgIpc) is 2.96. The Kier molecular flexibility index (Phi) is 4.47. The molecule has 0 saturated carbocycles. The van der Waals surface area contributed by atoms with Crippen LogP contribution in [0.5, 0.6) is 0 Å². The van der Waals surface area contributed by atoms with Crippen LogP contribution in [-0.4, -0.2) is 33.0 Å². The number of aliphatic hydroxyl groups is 1. The lowest BCUT2D eigenvalue weighted by atomic mass is 10.1. The molecule has 0 bridgehead atoms. The molecule has 2 aromatic rings. The first-order chi connectivity index (χ1) is 9.70. The predicted molar refractivity (Wildman–Crippen MR) is 74.1 cm³/mol. The summed E-state index contributed by atoms with van der Waals surface area (Å²) in [5.41, 5.74) is 2.68. The monoisotopic (exact) mass is 270 g/mol. The largest absolute Gasteiger partial charge is 0.395 e. The minimum absolute atomic E-state index is 0.0534. The van der Waals surface area contributed by atoms with E-state index in [2.05, 4.69) is 32.6 Å². The standard InChI is InChI=1S/C14H14N4O2/c1-10-8-11(4-2-3-7-19)5-6-12(10)16-14(20)13-9-15-18-17-13/h5-6,8-9,19H,3,7H2,1H3,(H,16,20)(H,15,17,18). The fraction of sp³-hybridized carbons (Fsp3) is 0.214. The fourth-order valence-corrected chi connectivity index (χ4v) is 1.60. The van der Waals surface area contributed by atoms with Gasteiger partial charge in [0.25, 0.3) is 5.91 Å². The summed E-state index contributed by atoms with van der Waals surface area (Å²) in [5.74, 6) is 5.48. The van der Waals surface area contributed by atoms with E-state index < -0.39 is 0 Å². The van der Waals surface area contributed by atoms with Crippen molar-refractivity contribution in [3.8, 4) is 11.8 Å². The molecule has 0 spiro atoms. The molecular formula is C14H14N4O2. The van der Waals surface area contributed by atoms with Gasteiger partial charge >= 0.3 is 0 Å². The molecule has 0 aliphatic heterocycles. The molecule has 1 aromatic carbocycles. The molecule has 0 aliphatic carbocycles. The number of amides is 1. The molecule has 0 fully saturated rings. The van der Waals surface area contributed by atoms with E-state index in [1.165, 1.54) is 6.20 Å². The predicted octanol–water partition coefficient (Wildman–Crippen LogP) is 1.10. The number of rotatable bonds is 3. The molecule has 0 atom stereocenters. The van der Waals surface area contributed by atoms with E-state index in [0.717, 1.165) is 11.1 Å². The zero-order valence-electron chi connectivity index (χ0n) is 11.0. The topological polar surface area (TPSA) is 90.9 Å². The van der Waals surface area contributed by atoms with Gasteiger partial charge in [-0.05, 0) is 30.7 Å². The molecule has 102 valence electrons. The van der Waals surface area contributed by atoms with Gasteiger partial charge in [-0.1, -0.05) is 11.8 Å². The Morgan fingerprint density at radius 2 is 2.35 bits per heavy atom. The van der Waals surface area contributed by atoms with E-state index >= 15 is 0 Å². The zero-order chi connectivity index (χ0) is 14.4. The molecular weight excluding hydrogens is 256 g/mol. The van der Waals surface area contributed by atoms with Crippen LogP contribution >= 0.6 is 0 Å². The number of nitrogens with one attached hydrogen (secondary N) is 2. The molecule has 0 saturated heterocycles. The molecule has 0 radical (unpaired) electrons. The van der Waals surface area contributed by atoms with Gasteiger partial charge in [-0.2, -0.15) is 15.4 Å². The van der Waals surface area contributed by atoms with Gasteiger partial charge < -0.3 is 10.4 Å². The lowest BCUT2D eigenvalue weighted by molar-refractivity contribution is 0.102. The SMILES string of the molecule is Cc1cc(C#CCCO)ccc1NC(=O)c1cn[nH]n1. The molecule has 6 heteroatoms. The summed E-state index contributed by atoms with van der Waals surface area (Å²) in [6.07, 6.45) is 1.81. The number of carbonyl (C=O) groups is 1. The van der Waals surface area contributed by atoms with Crippen LogP contribution in [0.1, 0.15) is 28.0 Å². The second kappa shape index (κ2) is 6.50. The zero-order valence-corrected chi connectivity index (χ0v) is 11.0. The van der Waals surface area contributed by atoms with Crippen molar-refractivity contribution < 1.29 is 9.90 Å². The summed E-state index contributed by atoms with van der Waals surface area (Å²) in [5, 5.41) is 21.1. The van der Waals surface area contributed by atoms with Crippen molar-refractivity contribution in [2.75, 3.05) is 11.9 Å². The van der Waals surface area contributed by atoms with E-state index in [4.69, 9.17) is 5.11 Å². The Morgan fingerprint density at radius 3 is 3.00 bits per heavy atom. The van der Waals surface area contributed by atoms with Crippen LogP contribution in [0.2, 0.25) is 0 Å². The first kappa shape index (κ1) is 13.8. The molecule has 0 aliphatic rings. The number of carbonyl (C=O) groups excluding carboxylic acids is 1. The van der Waals surface area contributed by atoms with Gasteiger partial charge in [0.05, 0.1) is 12.8 Å². The fourth-order valence-electron chi connectivity index (χ4n) is 1.60. The van der Waals surface area contributed by atoms with Crippen molar-refractivity contribution in [2.24, 2.45) is 0 Å². The van der Waals surface area contributed by atoms with Gasteiger partial charge in [-0.25, -0.2) is 0 Å². The molecule has 1 aromatic heterocycles. The van der Waals surface area contributed by atoms with Crippen LogP contribution < -0.4 is 5.32 Å². The maximum Gasteiger partial charge on any atom is 0.277 e. The summed E-state index contributed by atoms with van der Waals surface area (Å²) >= 11 is 0. The lowest BCUT2D eigenvalue weighted by Gasteiger charge is -2.07. The number of hydrogen-bond acceptors (Lipinski definition) is 4. The van der Waals surface area contributed by atoms with Crippen molar-refractivity contribution in [3.63, 3.8) is 0 Å². The second-order valence-corrected chi connectivity index (χ2v) is 4.11. The van der Waals surface area contributed by atoms with Gasteiger partial charge in [0.15, 0.2) is 5.69 Å². The second-order valence-electron chi connectivity index (χ2n) is 4.11. The Labute approximate surface area is 116 Å². The lowest BCUT2D eigenvalue weighted by Crippen LogP contribution is -2.13. The third-order valence-electron chi connectivity index (χ3n) is 2.59. The maximum absolute atomic E-state index is 11.8. The van der Waals surface area contributed by atoms with Gasteiger partial charge in [0.1, 0.15) is 0 Å². The van der Waals surface area contributed by atoms with Gasteiger partial charge in [0, 0.05) is 17.7 Å². The molecule has 3 N–H and O–H groups in total. The smallest absolute Gasteiger partial charge is 0.277 e. The molecule has 2 rings (SSSR count). The number of aromatic nitrogens is 3. The van der Waals surface area contributed by atoms with E-state index in [0.29, 0.717) is 12.1 Å². The number of aromatic amines is 1. The van der Waals surface area contributed by atoms with Crippen LogP contribution in [0.4, 0.5) is 5.69 Å². The van der Waals surface area contributed by atoms with Gasteiger partial charge in [0.2, 0.25) is 0 Å². The molecule has 20 heavy (non-hydrogen) atoms. The Morgan fingerprint density at radius 1 is 1.50 bits per heavy atom. The molecule has 1 amide bonds. The quantitative estimate of drug-likeness (QED) is 0.728. The number of aliphatic hydroxyl groups excluding tert-OH is 1. The van der Waals surface area contributed by atoms with E-state index in [9.17, 15) is 4.79 Å². The van der Waals surface area contributed by atoms with Gasteiger partial charge in [-0.15, -0.1) is 0 Å². The summed E-state index contributed by atoms with van der Waals surface area (Å²) in [6.45, 7) is 1.94. The van der Waals surface area contributed by atoms with Crippen molar-refractivity contribution in [1.82, 2.24) is 15.4 Å². The summed E-state index contributed by atoms with van der Waals surface area (Å²) in [7, 11) is 0. The first-order valence-corrected chi connectivity index (χ1v) is 6.08. The van der Waals surface area contributed by atoms with E-state index in [1.807, 2.05) is 19.1 Å². The third-order valence-corrected chi connectivity index (χ3v) is 2.59. The number of nitrogens with zero attached hydrogens (tertiary/aromatic N) is 2. The van der Waals surface area contributed by atoms with Gasteiger partial charge in [-0.3, -0.25) is 4.79 Å². The van der Waals surface area contributed by atoms with E-state index in [1.54, 1.807) is 6.07 Å². The summed E-state index contributed by atoms with van der Waals surface area (Å²) in [6, 6.07) is 5.48. The number of anilines is 1. The van der Waals surface area contributed by atoms with Crippen LogP contribution in [0.15, 0.2) is 24.4 Å². The number of hydrogen-bond donors (Lipinski definition) is 3. The third kappa shape index (κ3) is 3.43. The van der Waals surface area contributed by atoms with E-state index in [-0.39, 0.29) is 18.2 Å². The Hall–Kier alpha value is -2.65. The average molecular weight is 270 g/mol. The molecule has 0 unspecified atom stereocenters. The molecule has 6 nitrogen and oxygen atoms in total. The number of H-pyrrole nitrogens is 1. The Bertz CT molecular complexity index is 654. The van der Waals surface area contributed by atoms with Crippen LogP contribution in [-0.2, 0) is 0 Å². The summed E-state index contributed by atoms with van der Waals surface area (Å²) < 4.78 is 0. The Balaban J connectivity index is 2.11.